The van der Waals surface area contributed by atoms with E-state index in [2.05, 4.69) is 26.5 Å². The van der Waals surface area contributed by atoms with Crippen LogP contribution in [0.15, 0.2) is 73.7 Å². The van der Waals surface area contributed by atoms with Gasteiger partial charge in [-0.15, -0.1) is 0 Å². The minimum absolute atomic E-state index is 0.0590. The van der Waals surface area contributed by atoms with E-state index >= 15 is 0 Å². The van der Waals surface area contributed by atoms with Gasteiger partial charge in [0, 0.05) is 12.1 Å². The molecule has 2 aromatic carbocycles. The quantitative estimate of drug-likeness (QED) is 0.204. The van der Waals surface area contributed by atoms with Crippen LogP contribution < -0.4 is 14.3 Å². The number of non-ortho nitro benzene ring substituents is 1. The van der Waals surface area contributed by atoms with E-state index in [1.165, 1.54) is 37.8 Å². The molecule has 3 aromatic rings. The topological polar surface area (TPSA) is 150 Å². The summed E-state index contributed by atoms with van der Waals surface area (Å²) in [6.07, 6.45) is 2.66. The zero-order valence-electron chi connectivity index (χ0n) is 16.2. The Morgan fingerprint density at radius 1 is 1.25 bits per heavy atom. The second-order valence-electron chi connectivity index (χ2n) is 6.00. The van der Waals surface area contributed by atoms with Crippen LogP contribution in [0.4, 0.5) is 5.69 Å². The minimum Gasteiger partial charge on any atom is -0.493 e. The number of nitrogens with zero attached hydrogens (tertiary/aromatic N) is 2. The first-order chi connectivity index (χ1) is 15.2. The normalized spacial score (nSPS) is 11.3. The molecule has 1 N–H and O–H groups in total. The first-order valence-corrected chi connectivity index (χ1v) is 10.8. The van der Waals surface area contributed by atoms with Crippen LogP contribution in [0.1, 0.15) is 16.1 Å². The second-order valence-corrected chi connectivity index (χ2v) is 8.40. The van der Waals surface area contributed by atoms with Gasteiger partial charge in [0.05, 0.1) is 29.0 Å². The maximum absolute atomic E-state index is 12.6. The van der Waals surface area contributed by atoms with Crippen molar-refractivity contribution in [1.29, 1.82) is 0 Å². The van der Waals surface area contributed by atoms with Crippen LogP contribution >= 0.6 is 15.9 Å². The number of amides is 1. The molecule has 1 heterocycles. The zero-order chi connectivity index (χ0) is 23.3. The molecule has 0 saturated heterocycles. The monoisotopic (exact) mass is 523 g/mol. The summed E-state index contributed by atoms with van der Waals surface area (Å²) in [6.45, 7) is 0. The van der Waals surface area contributed by atoms with Crippen molar-refractivity contribution in [3.05, 3.63) is 80.7 Å². The third-order valence-corrected chi connectivity index (χ3v) is 5.73. The molecule has 11 nitrogen and oxygen atoms in total. The molecule has 0 spiro atoms. The molecular weight excluding hydrogens is 510 g/mol. The van der Waals surface area contributed by atoms with Crippen molar-refractivity contribution in [1.82, 2.24) is 5.43 Å². The summed E-state index contributed by atoms with van der Waals surface area (Å²) in [7, 11) is -3.00. The van der Waals surface area contributed by atoms with Crippen LogP contribution in [0.3, 0.4) is 0 Å². The minimum atomic E-state index is -4.31. The Kier molecular flexibility index (Phi) is 6.90. The highest BCUT2D eigenvalue weighted by Gasteiger charge is 2.23. The molecule has 1 aromatic heterocycles. The van der Waals surface area contributed by atoms with Crippen LogP contribution in [0, 0.1) is 10.1 Å². The van der Waals surface area contributed by atoms with Crippen LogP contribution in [-0.4, -0.2) is 32.6 Å². The number of nitro benzene ring substituents is 1. The van der Waals surface area contributed by atoms with Gasteiger partial charge in [-0.25, -0.2) is 5.43 Å². The molecule has 0 fully saturated rings. The lowest BCUT2D eigenvalue weighted by atomic mass is 10.2. The van der Waals surface area contributed by atoms with Gasteiger partial charge < -0.3 is 13.3 Å². The van der Waals surface area contributed by atoms with E-state index in [0.717, 1.165) is 24.3 Å². The maximum atomic E-state index is 12.6. The molecule has 0 aliphatic heterocycles. The van der Waals surface area contributed by atoms with Crippen molar-refractivity contribution in [2.45, 2.75) is 4.90 Å². The van der Waals surface area contributed by atoms with Crippen molar-refractivity contribution in [3.8, 4) is 11.5 Å². The van der Waals surface area contributed by atoms with Gasteiger partial charge in [-0.2, -0.15) is 13.5 Å². The van der Waals surface area contributed by atoms with Crippen LogP contribution in [0.25, 0.3) is 0 Å². The van der Waals surface area contributed by atoms with E-state index in [1.807, 2.05) is 0 Å². The van der Waals surface area contributed by atoms with Crippen LogP contribution in [0.5, 0.6) is 11.5 Å². The van der Waals surface area contributed by atoms with Crippen molar-refractivity contribution in [3.63, 3.8) is 0 Å². The lowest BCUT2D eigenvalue weighted by molar-refractivity contribution is -0.384. The second kappa shape index (κ2) is 9.62. The number of hydrogen-bond acceptors (Lipinski definition) is 9. The third-order valence-electron chi connectivity index (χ3n) is 3.91. The summed E-state index contributed by atoms with van der Waals surface area (Å²) < 4.78 is 40.8. The average Bonchev–Trinajstić information content (AvgIpc) is 3.30. The Hall–Kier alpha value is -3.71. The molecule has 0 saturated carbocycles. The van der Waals surface area contributed by atoms with E-state index in [1.54, 1.807) is 6.07 Å². The van der Waals surface area contributed by atoms with Gasteiger partial charge in [0.2, 0.25) is 0 Å². The molecule has 1 amide bonds. The smallest absolute Gasteiger partial charge is 0.339 e. The van der Waals surface area contributed by atoms with Gasteiger partial charge in [-0.1, -0.05) is 0 Å². The first kappa shape index (κ1) is 23.0. The number of hydrogen-bond donors (Lipinski definition) is 1. The summed E-state index contributed by atoms with van der Waals surface area (Å²) in [5.74, 6) is -0.543. The number of carbonyl (C=O) groups excluding carboxylic acids is 1. The molecule has 0 atom stereocenters. The standard InChI is InChI=1S/C19H14BrN3O8S/c1-29-17-10-12(11-21-22-19(24)16-3-2-8-30-16)9-15(20)18(17)31-32(27,28)14-6-4-13(5-7-14)23(25)26/h2-11H,1H3,(H,22,24)/b21-11-. The fourth-order valence-electron chi connectivity index (χ4n) is 2.42. The SMILES string of the molecule is COc1cc(/C=N\NC(=O)c2ccco2)cc(Br)c1OS(=O)(=O)c1ccc([N+](=O)[O-])cc1. The molecule has 0 aliphatic rings. The highest BCUT2D eigenvalue weighted by atomic mass is 79.9. The number of hydrazone groups is 1. The number of nitrogens with one attached hydrogen (secondary N) is 1. The Labute approximate surface area is 190 Å². The predicted octanol–water partition coefficient (Wildman–Crippen LogP) is 3.49. The van der Waals surface area contributed by atoms with E-state index < -0.39 is 20.9 Å². The number of rotatable bonds is 8. The predicted molar refractivity (Wildman–Crippen MR) is 115 cm³/mol. The Balaban J connectivity index is 1.80. The fraction of sp³-hybridized carbons (Fsp3) is 0.0526. The van der Waals surface area contributed by atoms with E-state index in [0.29, 0.717) is 5.56 Å². The summed E-state index contributed by atoms with van der Waals surface area (Å²) in [4.78, 5) is 21.6. The zero-order valence-corrected chi connectivity index (χ0v) is 18.6. The van der Waals surface area contributed by atoms with Gasteiger partial charge >= 0.3 is 16.0 Å². The molecule has 166 valence electrons. The van der Waals surface area contributed by atoms with Gasteiger partial charge in [0.15, 0.2) is 17.3 Å². The van der Waals surface area contributed by atoms with Gasteiger partial charge in [0.1, 0.15) is 4.90 Å². The number of halogens is 1. The van der Waals surface area contributed by atoms with Crippen molar-refractivity contribution < 1.29 is 31.5 Å². The first-order valence-electron chi connectivity index (χ1n) is 8.64. The van der Waals surface area contributed by atoms with Crippen molar-refractivity contribution in [2.24, 2.45) is 5.10 Å². The summed E-state index contributed by atoms with van der Waals surface area (Å²) >= 11 is 3.22. The Bertz CT molecular complexity index is 1270. The lowest BCUT2D eigenvalue weighted by Gasteiger charge is -2.13. The lowest BCUT2D eigenvalue weighted by Crippen LogP contribution is -2.16. The average molecular weight is 524 g/mol. The fourth-order valence-corrected chi connectivity index (χ4v) is 4.02. The number of methoxy groups -OCH3 is 1. The summed E-state index contributed by atoms with van der Waals surface area (Å²) in [5, 5.41) is 14.6. The molecule has 0 aliphatic carbocycles. The number of ether oxygens (including phenoxy) is 1. The number of carbonyl (C=O) groups is 1. The third kappa shape index (κ3) is 5.31. The number of benzene rings is 2. The van der Waals surface area contributed by atoms with Gasteiger partial charge in [0.25, 0.3) is 5.69 Å². The molecule has 3 rings (SSSR count). The molecule has 0 unspecified atom stereocenters. The Morgan fingerprint density at radius 2 is 1.97 bits per heavy atom. The van der Waals surface area contributed by atoms with Crippen LogP contribution in [-0.2, 0) is 10.1 Å². The van der Waals surface area contributed by atoms with Crippen molar-refractivity contribution >= 4 is 43.9 Å². The van der Waals surface area contributed by atoms with Gasteiger partial charge in [-0.05, 0) is 57.9 Å². The summed E-state index contributed by atoms with van der Waals surface area (Å²) in [5.41, 5.74) is 2.48. The van der Waals surface area contributed by atoms with Gasteiger partial charge in [-0.3, -0.25) is 14.9 Å². The Morgan fingerprint density at radius 3 is 2.56 bits per heavy atom. The molecule has 13 heteroatoms. The van der Waals surface area contributed by atoms with Crippen molar-refractivity contribution in [2.75, 3.05) is 7.11 Å². The molecule has 0 bridgehead atoms. The van der Waals surface area contributed by atoms with E-state index in [-0.39, 0.29) is 32.3 Å². The highest BCUT2D eigenvalue weighted by molar-refractivity contribution is 9.10. The van der Waals surface area contributed by atoms with Crippen LogP contribution in [0.2, 0.25) is 0 Å². The molecular formula is C19H14BrN3O8S. The molecule has 0 radical (unpaired) electrons. The molecule has 32 heavy (non-hydrogen) atoms. The maximum Gasteiger partial charge on any atom is 0.339 e. The number of nitro groups is 1. The van der Waals surface area contributed by atoms with E-state index in [9.17, 15) is 23.3 Å². The highest BCUT2D eigenvalue weighted by Crippen LogP contribution is 2.38. The summed E-state index contributed by atoms with van der Waals surface area (Å²) in [6, 6.07) is 10.2. The largest absolute Gasteiger partial charge is 0.493 e. The van der Waals surface area contributed by atoms with E-state index in [4.69, 9.17) is 13.3 Å². The number of furan rings is 1.